The number of aliphatic hydroxyl groups excluding tert-OH is 11. The van der Waals surface area contributed by atoms with Crippen LogP contribution in [0.4, 0.5) is 0 Å². The summed E-state index contributed by atoms with van der Waals surface area (Å²) in [5, 5.41) is 121. The molecule has 3 heterocycles. The average Bonchev–Trinajstić information content (AvgIpc) is 3.72. The topological polar surface area (TPSA) is 307 Å². The van der Waals surface area contributed by atoms with Crippen molar-refractivity contribution in [2.24, 2.45) is 0 Å². The molecular formula is C69H129NO18. The summed E-state index contributed by atoms with van der Waals surface area (Å²) in [4.78, 5) is 13.4. The van der Waals surface area contributed by atoms with Crippen molar-refractivity contribution < 1.29 is 89.4 Å². The van der Waals surface area contributed by atoms with Crippen molar-refractivity contribution in [3.05, 3.63) is 24.3 Å². The minimum atomic E-state index is -1.98. The van der Waals surface area contributed by atoms with E-state index in [4.69, 9.17) is 28.4 Å². The molecule has 12 N–H and O–H groups in total. The van der Waals surface area contributed by atoms with Crippen molar-refractivity contribution in [3.8, 4) is 0 Å². The number of allylic oxidation sites excluding steroid dienone is 3. The lowest BCUT2D eigenvalue weighted by atomic mass is 9.96. The zero-order valence-electron chi connectivity index (χ0n) is 54.7. The average molecular weight is 1260 g/mol. The van der Waals surface area contributed by atoms with Crippen molar-refractivity contribution in [2.45, 2.75) is 381 Å². The third-order valence-electron chi connectivity index (χ3n) is 18.0. The Hall–Kier alpha value is -1.73. The van der Waals surface area contributed by atoms with E-state index in [-0.39, 0.29) is 18.9 Å². The summed E-state index contributed by atoms with van der Waals surface area (Å²) in [5.41, 5.74) is 0. The third kappa shape index (κ3) is 33.4. The highest BCUT2D eigenvalue weighted by molar-refractivity contribution is 5.76. The highest BCUT2D eigenvalue weighted by Crippen LogP contribution is 2.33. The maximum Gasteiger partial charge on any atom is 0.220 e. The van der Waals surface area contributed by atoms with E-state index < -0.39 is 124 Å². The van der Waals surface area contributed by atoms with Crippen LogP contribution in [0.15, 0.2) is 24.3 Å². The normalized spacial score (nSPS) is 28.5. The number of rotatable bonds is 55. The van der Waals surface area contributed by atoms with Gasteiger partial charge in [0.15, 0.2) is 18.9 Å². The Kier molecular flexibility index (Phi) is 47.3. The molecule has 3 saturated heterocycles. The van der Waals surface area contributed by atoms with E-state index in [9.17, 15) is 61.0 Å². The number of ether oxygens (including phenoxy) is 6. The van der Waals surface area contributed by atoms with Crippen LogP contribution in [0.2, 0.25) is 0 Å². The van der Waals surface area contributed by atoms with Gasteiger partial charge in [-0.25, -0.2) is 0 Å². The number of nitrogens with one attached hydrogen (secondary N) is 1. The zero-order chi connectivity index (χ0) is 64.0. The largest absolute Gasteiger partial charge is 0.394 e. The number of hydrogen-bond donors (Lipinski definition) is 12. The van der Waals surface area contributed by atoms with Gasteiger partial charge in [-0.1, -0.05) is 250 Å². The Bertz CT molecular complexity index is 1690. The molecule has 1 amide bonds. The fraction of sp³-hybridized carbons (Fsp3) is 0.928. The van der Waals surface area contributed by atoms with Crippen molar-refractivity contribution in [1.29, 1.82) is 0 Å². The molecule has 0 saturated carbocycles. The van der Waals surface area contributed by atoms with E-state index in [0.29, 0.717) is 6.42 Å². The number of carbonyl (C=O) groups is 1. The number of unbranched alkanes of at least 4 members (excludes halogenated alkanes) is 37. The number of amides is 1. The smallest absolute Gasteiger partial charge is 0.220 e. The van der Waals surface area contributed by atoms with Crippen LogP contribution in [0.3, 0.4) is 0 Å². The number of carbonyl (C=O) groups excluding carboxylic acids is 1. The minimum absolute atomic E-state index is 0.240. The number of aliphatic hydroxyl groups is 11. The van der Waals surface area contributed by atoms with E-state index in [0.717, 1.165) is 57.8 Å². The predicted octanol–water partition coefficient (Wildman–Crippen LogP) is 9.44. The van der Waals surface area contributed by atoms with Crippen LogP contribution >= 0.6 is 0 Å². The Morgan fingerprint density at radius 1 is 0.398 bits per heavy atom. The molecule has 88 heavy (non-hydrogen) atoms. The van der Waals surface area contributed by atoms with Gasteiger partial charge >= 0.3 is 0 Å². The molecule has 0 aliphatic carbocycles. The zero-order valence-corrected chi connectivity index (χ0v) is 54.7. The lowest BCUT2D eigenvalue weighted by Gasteiger charge is -2.48. The van der Waals surface area contributed by atoms with Crippen LogP contribution in [-0.4, -0.2) is 193 Å². The van der Waals surface area contributed by atoms with Crippen LogP contribution in [0.5, 0.6) is 0 Å². The lowest BCUT2D eigenvalue weighted by Crippen LogP contribution is -2.66. The van der Waals surface area contributed by atoms with Gasteiger partial charge in [0.05, 0.1) is 38.6 Å². The molecule has 518 valence electrons. The van der Waals surface area contributed by atoms with Gasteiger partial charge in [-0.15, -0.1) is 0 Å². The molecule has 0 spiro atoms. The van der Waals surface area contributed by atoms with E-state index in [1.54, 1.807) is 6.08 Å². The first kappa shape index (κ1) is 80.5. The fourth-order valence-electron chi connectivity index (χ4n) is 12.2. The van der Waals surface area contributed by atoms with Crippen molar-refractivity contribution in [3.63, 3.8) is 0 Å². The molecule has 0 aromatic heterocycles. The predicted molar refractivity (Wildman–Crippen MR) is 342 cm³/mol. The summed E-state index contributed by atoms with van der Waals surface area (Å²) in [6.07, 6.45) is 31.5. The van der Waals surface area contributed by atoms with Crippen molar-refractivity contribution in [2.75, 3.05) is 26.4 Å². The molecule has 3 fully saturated rings. The molecule has 17 atom stereocenters. The summed E-state index contributed by atoms with van der Waals surface area (Å²) in [6, 6.07) is -0.974. The first-order chi connectivity index (χ1) is 42.8. The molecule has 19 nitrogen and oxygen atoms in total. The Balaban J connectivity index is 1.43. The molecular weight excluding hydrogens is 1130 g/mol. The fourth-order valence-corrected chi connectivity index (χ4v) is 12.2. The molecule has 0 bridgehead atoms. The number of hydrogen-bond acceptors (Lipinski definition) is 18. The Labute approximate surface area is 530 Å². The van der Waals surface area contributed by atoms with E-state index in [2.05, 4.69) is 31.3 Å². The summed E-state index contributed by atoms with van der Waals surface area (Å²) in [7, 11) is 0. The van der Waals surface area contributed by atoms with Gasteiger partial charge in [-0.2, -0.15) is 0 Å². The van der Waals surface area contributed by atoms with Gasteiger partial charge in [0.25, 0.3) is 0 Å². The van der Waals surface area contributed by atoms with Gasteiger partial charge in [-0.05, 0) is 44.9 Å². The molecule has 3 aliphatic rings. The van der Waals surface area contributed by atoms with Crippen LogP contribution in [0.25, 0.3) is 0 Å². The van der Waals surface area contributed by atoms with E-state index >= 15 is 0 Å². The molecule has 3 aliphatic heterocycles. The van der Waals surface area contributed by atoms with E-state index in [1.165, 1.54) is 193 Å². The highest BCUT2D eigenvalue weighted by atomic mass is 16.8. The molecule has 19 heteroatoms. The second-order valence-corrected chi connectivity index (χ2v) is 25.7. The summed E-state index contributed by atoms with van der Waals surface area (Å²) < 4.78 is 34.4. The standard InChI is InChI=1S/C69H129NO18/c1-3-5-7-9-11-13-15-17-19-21-22-23-24-25-26-27-28-29-31-32-34-36-38-40-42-44-46-53(74)52(70-57(75)47-45-43-41-39-37-35-33-30-20-18-16-14-12-10-8-6-4-2)51-83-67-63(81)60(78)65(55(49-72)85-67)88-69-64(82)61(79)66(56(50-73)86-69)87-68-62(80)59(77)58(76)54(48-71)84-68/h18,20,44,46,52-56,58-69,71-74,76-82H,3-17,19,21-43,45,47-51H2,1-2H3,(H,70,75)/b20-18-,46-44+. The third-order valence-corrected chi connectivity index (χ3v) is 18.0. The summed E-state index contributed by atoms with van der Waals surface area (Å²) in [6.45, 7) is 1.76. The Morgan fingerprint density at radius 3 is 1.10 bits per heavy atom. The van der Waals surface area contributed by atoms with Gasteiger partial charge in [0.1, 0.15) is 73.2 Å². The Morgan fingerprint density at radius 2 is 0.716 bits per heavy atom. The van der Waals surface area contributed by atoms with Crippen molar-refractivity contribution in [1.82, 2.24) is 5.32 Å². The SMILES string of the molecule is CCCCCCCC/C=C\CCCCCCCCCC(=O)NC(COC1OC(CO)C(OC2OC(CO)C(OC3OC(CO)C(O)C(O)C3O)C(O)C2O)C(O)C1O)C(O)/C=C/CCCCCCCCCCCCCCCCCCCCCCCCCC. The molecule has 0 radical (unpaired) electrons. The quantitative estimate of drug-likeness (QED) is 0.0199. The second kappa shape index (κ2) is 51.7. The molecule has 3 rings (SSSR count). The van der Waals surface area contributed by atoms with Crippen LogP contribution in [0.1, 0.15) is 277 Å². The van der Waals surface area contributed by atoms with E-state index in [1.807, 2.05) is 6.08 Å². The van der Waals surface area contributed by atoms with Gasteiger partial charge < -0.3 is 89.9 Å². The van der Waals surface area contributed by atoms with Gasteiger partial charge in [0.2, 0.25) is 5.91 Å². The lowest BCUT2D eigenvalue weighted by molar-refractivity contribution is -0.379. The van der Waals surface area contributed by atoms with Crippen LogP contribution < -0.4 is 5.32 Å². The first-order valence-corrected chi connectivity index (χ1v) is 35.6. The van der Waals surface area contributed by atoms with Crippen LogP contribution in [-0.2, 0) is 33.2 Å². The highest BCUT2D eigenvalue weighted by Gasteiger charge is 2.53. The maximum atomic E-state index is 13.4. The van der Waals surface area contributed by atoms with Crippen LogP contribution in [0, 0.1) is 0 Å². The summed E-state index contributed by atoms with van der Waals surface area (Å²) in [5.74, 6) is -0.277. The van der Waals surface area contributed by atoms with Gasteiger partial charge in [0, 0.05) is 6.42 Å². The molecule has 0 aromatic rings. The second-order valence-electron chi connectivity index (χ2n) is 25.7. The monoisotopic (exact) mass is 1260 g/mol. The molecule has 0 aromatic carbocycles. The first-order valence-electron chi connectivity index (χ1n) is 35.6. The van der Waals surface area contributed by atoms with Gasteiger partial charge in [-0.3, -0.25) is 4.79 Å². The summed E-state index contributed by atoms with van der Waals surface area (Å²) >= 11 is 0. The molecule has 17 unspecified atom stereocenters. The maximum absolute atomic E-state index is 13.4. The minimum Gasteiger partial charge on any atom is -0.394 e. The van der Waals surface area contributed by atoms with Crippen molar-refractivity contribution >= 4 is 5.91 Å².